The third-order valence-corrected chi connectivity index (χ3v) is 9.00. The van der Waals surface area contributed by atoms with Crippen LogP contribution < -0.4 is 5.01 Å². The molecule has 0 bridgehead atoms. The van der Waals surface area contributed by atoms with Crippen molar-refractivity contribution in [2.45, 2.75) is 57.1 Å². The highest BCUT2D eigenvalue weighted by molar-refractivity contribution is 6.32. The molecule has 5 aliphatic rings. The summed E-state index contributed by atoms with van der Waals surface area (Å²) in [7, 11) is 0. The van der Waals surface area contributed by atoms with E-state index >= 15 is 0 Å². The van der Waals surface area contributed by atoms with Crippen LogP contribution in [0.25, 0.3) is 0 Å². The van der Waals surface area contributed by atoms with Gasteiger partial charge < -0.3 is 19.8 Å². The van der Waals surface area contributed by atoms with E-state index in [-0.39, 0.29) is 17.6 Å². The molecule has 35 heavy (non-hydrogen) atoms. The van der Waals surface area contributed by atoms with Gasteiger partial charge in [-0.25, -0.2) is 4.79 Å². The summed E-state index contributed by atoms with van der Waals surface area (Å²) in [6, 6.07) is 8.24. The van der Waals surface area contributed by atoms with Crippen LogP contribution in [0.3, 0.4) is 0 Å². The predicted octanol–water partition coefficient (Wildman–Crippen LogP) is 3.49. The molecular weight excluding hydrogens is 464 g/mol. The third-order valence-electron chi connectivity index (χ3n) is 8.69. The number of hydrogen-bond donors (Lipinski definition) is 1. The molecule has 1 spiro atoms. The van der Waals surface area contributed by atoms with Gasteiger partial charge in [0.05, 0.1) is 28.4 Å². The molecule has 1 N–H and O–H groups in total. The fourth-order valence-electron chi connectivity index (χ4n) is 6.70. The van der Waals surface area contributed by atoms with E-state index in [4.69, 9.17) is 16.7 Å². The number of amidine groups is 1. The maximum atomic E-state index is 12.8. The van der Waals surface area contributed by atoms with E-state index in [1.165, 1.54) is 25.7 Å². The van der Waals surface area contributed by atoms with Gasteiger partial charge in [-0.3, -0.25) is 5.01 Å². The molecule has 3 saturated heterocycles. The maximum absolute atomic E-state index is 12.8. The standard InChI is InChI=1S/C26H33ClN6O2/c27-22-11-20(6-5-19(22)13-28)33-23(18-3-1-2-4-18)12-24(29-33)31-14-26(15-31)16-32(17-26)25(35)30-9-7-21(34)8-10-30/h5-6,11,18,21,23,34H,1-4,7-10,12,14-17H2/t23-/m1/s1. The van der Waals surface area contributed by atoms with Crippen molar-refractivity contribution in [3.63, 3.8) is 0 Å². The highest BCUT2D eigenvalue weighted by Gasteiger charge is 2.55. The van der Waals surface area contributed by atoms with Gasteiger partial charge in [0.25, 0.3) is 0 Å². The van der Waals surface area contributed by atoms with Crippen LogP contribution in [-0.2, 0) is 0 Å². The number of likely N-dealkylation sites (tertiary alicyclic amines) is 3. The number of amides is 2. The average Bonchev–Trinajstić information content (AvgIpc) is 3.48. The highest BCUT2D eigenvalue weighted by Crippen LogP contribution is 2.44. The second-order valence-electron chi connectivity index (χ2n) is 11.2. The SMILES string of the molecule is N#Cc1ccc(N2N=C(N3CC4(CN(C(=O)N5CCC(O)CC5)C4)C3)C[C@@H]2C2CCCC2)cc1Cl. The van der Waals surface area contributed by atoms with Crippen LogP contribution in [0.15, 0.2) is 23.3 Å². The van der Waals surface area contributed by atoms with Crippen LogP contribution >= 0.6 is 11.6 Å². The third kappa shape index (κ3) is 4.13. The van der Waals surface area contributed by atoms with Gasteiger partial charge in [-0.1, -0.05) is 24.4 Å². The van der Waals surface area contributed by atoms with Gasteiger partial charge in [0, 0.05) is 51.1 Å². The molecule has 1 atom stereocenters. The number of carbonyl (C=O) groups is 1. The van der Waals surface area contributed by atoms with Crippen molar-refractivity contribution in [3.05, 3.63) is 28.8 Å². The summed E-state index contributed by atoms with van der Waals surface area (Å²) in [6.07, 6.45) is 7.09. The Hall–Kier alpha value is -2.50. The van der Waals surface area contributed by atoms with Crippen LogP contribution in [0.5, 0.6) is 0 Å². The molecule has 1 aromatic carbocycles. The van der Waals surface area contributed by atoms with E-state index in [2.05, 4.69) is 16.0 Å². The lowest BCUT2D eigenvalue weighted by molar-refractivity contribution is -0.0715. The number of aliphatic hydroxyl groups is 1. The largest absolute Gasteiger partial charge is 0.393 e. The van der Waals surface area contributed by atoms with E-state index in [9.17, 15) is 15.2 Å². The number of hydrogen-bond acceptors (Lipinski definition) is 6. The summed E-state index contributed by atoms with van der Waals surface area (Å²) in [5.41, 5.74) is 1.65. The van der Waals surface area contributed by atoms with E-state index in [1.54, 1.807) is 6.07 Å². The lowest BCUT2D eigenvalue weighted by Gasteiger charge is -2.61. The molecule has 8 nitrogen and oxygen atoms in total. The molecule has 2 amide bonds. The number of nitrogens with zero attached hydrogens (tertiary/aromatic N) is 6. The summed E-state index contributed by atoms with van der Waals surface area (Å²) in [6.45, 7) is 4.85. The Bertz CT molecular complexity index is 1060. The van der Waals surface area contributed by atoms with Crippen LogP contribution in [-0.4, -0.2) is 83.1 Å². The topological polar surface area (TPSA) is 86.4 Å². The zero-order valence-electron chi connectivity index (χ0n) is 20.1. The zero-order chi connectivity index (χ0) is 24.2. The number of piperidine rings is 1. The predicted molar refractivity (Wildman–Crippen MR) is 134 cm³/mol. The van der Waals surface area contributed by atoms with Crippen molar-refractivity contribution in [2.24, 2.45) is 16.4 Å². The quantitative estimate of drug-likeness (QED) is 0.677. The van der Waals surface area contributed by atoms with Crippen molar-refractivity contribution < 1.29 is 9.90 Å². The number of rotatable bonds is 2. The molecule has 4 aliphatic heterocycles. The Labute approximate surface area is 211 Å². The lowest BCUT2D eigenvalue weighted by Crippen LogP contribution is -2.74. The van der Waals surface area contributed by atoms with E-state index in [0.29, 0.717) is 48.5 Å². The minimum absolute atomic E-state index is 0.129. The minimum atomic E-state index is -0.262. The highest BCUT2D eigenvalue weighted by atomic mass is 35.5. The van der Waals surface area contributed by atoms with Crippen molar-refractivity contribution in [1.29, 1.82) is 5.26 Å². The molecule has 1 aromatic rings. The van der Waals surface area contributed by atoms with Gasteiger partial charge in [0.2, 0.25) is 0 Å². The number of nitriles is 1. The van der Waals surface area contributed by atoms with Crippen molar-refractivity contribution >= 4 is 29.2 Å². The van der Waals surface area contributed by atoms with Gasteiger partial charge in [0.15, 0.2) is 0 Å². The normalized spacial score (nSPS) is 26.5. The van der Waals surface area contributed by atoms with Gasteiger partial charge in [-0.2, -0.15) is 10.4 Å². The first kappa shape index (κ1) is 22.9. The first-order valence-corrected chi connectivity index (χ1v) is 13.4. The van der Waals surface area contributed by atoms with Gasteiger partial charge in [-0.05, 0) is 49.8 Å². The average molecular weight is 497 g/mol. The van der Waals surface area contributed by atoms with E-state index < -0.39 is 0 Å². The summed E-state index contributed by atoms with van der Waals surface area (Å²) < 4.78 is 0. The fourth-order valence-corrected chi connectivity index (χ4v) is 6.92. The minimum Gasteiger partial charge on any atom is -0.393 e. The molecule has 6 rings (SSSR count). The molecule has 9 heteroatoms. The zero-order valence-corrected chi connectivity index (χ0v) is 20.8. The smallest absolute Gasteiger partial charge is 0.320 e. The summed E-state index contributed by atoms with van der Waals surface area (Å²) >= 11 is 6.36. The second kappa shape index (κ2) is 8.86. The molecule has 0 radical (unpaired) electrons. The summed E-state index contributed by atoms with van der Waals surface area (Å²) in [4.78, 5) is 19.1. The lowest BCUT2D eigenvalue weighted by atomic mass is 9.72. The Morgan fingerprint density at radius 2 is 1.80 bits per heavy atom. The Balaban J connectivity index is 1.10. The van der Waals surface area contributed by atoms with Crippen molar-refractivity contribution in [3.8, 4) is 6.07 Å². The first-order valence-electron chi connectivity index (χ1n) is 13.0. The number of anilines is 1. The van der Waals surface area contributed by atoms with E-state index in [0.717, 1.165) is 44.1 Å². The second-order valence-corrected chi connectivity index (χ2v) is 11.6. The molecule has 1 saturated carbocycles. The van der Waals surface area contributed by atoms with Crippen LogP contribution in [0, 0.1) is 22.7 Å². The van der Waals surface area contributed by atoms with E-state index in [1.807, 2.05) is 21.9 Å². The monoisotopic (exact) mass is 496 g/mol. The van der Waals surface area contributed by atoms with Gasteiger partial charge in [0.1, 0.15) is 11.9 Å². The molecule has 0 aromatic heterocycles. The summed E-state index contributed by atoms with van der Waals surface area (Å²) in [5, 5.41) is 26.7. The Morgan fingerprint density at radius 1 is 1.09 bits per heavy atom. The van der Waals surface area contributed by atoms with Crippen LogP contribution in [0.4, 0.5) is 10.5 Å². The fraction of sp³-hybridized carbons (Fsp3) is 0.654. The van der Waals surface area contributed by atoms with Crippen LogP contribution in [0.2, 0.25) is 5.02 Å². The number of urea groups is 1. The molecular formula is C26H33ClN6O2. The number of carbonyl (C=O) groups excluding carboxylic acids is 1. The Morgan fingerprint density at radius 3 is 2.46 bits per heavy atom. The number of hydrazone groups is 1. The Kier molecular flexibility index (Phi) is 5.81. The number of aliphatic hydroxyl groups excluding tert-OH is 1. The van der Waals surface area contributed by atoms with Gasteiger partial charge in [-0.15, -0.1) is 0 Å². The van der Waals surface area contributed by atoms with Gasteiger partial charge >= 0.3 is 6.03 Å². The summed E-state index contributed by atoms with van der Waals surface area (Å²) in [5.74, 6) is 1.77. The molecule has 4 fully saturated rings. The van der Waals surface area contributed by atoms with Crippen molar-refractivity contribution in [1.82, 2.24) is 14.7 Å². The number of halogens is 1. The maximum Gasteiger partial charge on any atom is 0.320 e. The molecule has 1 aliphatic carbocycles. The first-order chi connectivity index (χ1) is 16.9. The number of benzene rings is 1. The van der Waals surface area contributed by atoms with Crippen molar-refractivity contribution in [2.75, 3.05) is 44.3 Å². The molecule has 0 unspecified atom stereocenters. The van der Waals surface area contributed by atoms with Crippen LogP contribution in [0.1, 0.15) is 50.5 Å². The molecule has 186 valence electrons. The molecule has 4 heterocycles.